The summed E-state index contributed by atoms with van der Waals surface area (Å²) in [4.78, 5) is 16.6. The van der Waals surface area contributed by atoms with Crippen LogP contribution in [0.25, 0.3) is 10.9 Å². The van der Waals surface area contributed by atoms with Crippen LogP contribution in [0.3, 0.4) is 0 Å². The molecule has 0 spiro atoms. The zero-order valence-electron chi connectivity index (χ0n) is 13.1. The van der Waals surface area contributed by atoms with Crippen LogP contribution in [0.1, 0.15) is 18.4 Å². The quantitative estimate of drug-likeness (QED) is 0.928. The van der Waals surface area contributed by atoms with Gasteiger partial charge in [0.15, 0.2) is 0 Å². The number of benzene rings is 1. The summed E-state index contributed by atoms with van der Waals surface area (Å²) in [6.45, 7) is -0.433. The van der Waals surface area contributed by atoms with Gasteiger partial charge in [-0.2, -0.15) is 13.2 Å². The average Bonchev–Trinajstić information content (AvgIpc) is 2.96. The van der Waals surface area contributed by atoms with Crippen molar-refractivity contribution in [3.8, 4) is 0 Å². The Morgan fingerprint density at radius 3 is 2.67 bits per heavy atom. The van der Waals surface area contributed by atoms with Crippen molar-refractivity contribution in [2.45, 2.75) is 31.5 Å². The van der Waals surface area contributed by atoms with Crippen LogP contribution in [0.2, 0.25) is 0 Å². The Morgan fingerprint density at radius 1 is 1.25 bits per heavy atom. The largest absolute Gasteiger partial charge is 0.406 e. The molecule has 1 fully saturated rings. The lowest BCUT2D eigenvalue weighted by Gasteiger charge is -2.35. The summed E-state index contributed by atoms with van der Waals surface area (Å²) in [5, 5.41) is 0.866. The molecule has 2 heterocycles. The third kappa shape index (κ3) is 3.90. The Hall–Kier alpha value is -2.02. The second-order valence-electron chi connectivity index (χ2n) is 6.02. The number of para-hydroxylation sites is 1. The molecule has 0 atom stereocenters. The topological polar surface area (TPSA) is 45.3 Å². The number of ether oxygens (including phenoxy) is 1. The van der Waals surface area contributed by atoms with E-state index in [1.54, 1.807) is 6.20 Å². The number of aromatic nitrogens is 1. The lowest BCUT2D eigenvalue weighted by atomic mass is 10.0. The predicted octanol–water partition coefficient (Wildman–Crippen LogP) is 3.28. The molecule has 0 saturated carbocycles. The Labute approximate surface area is 137 Å². The number of hydrogen-bond donors (Lipinski definition) is 1. The normalized spacial score (nSPS) is 16.5. The molecule has 1 N–H and O–H groups in total. The highest BCUT2D eigenvalue weighted by Gasteiger charge is 2.37. The summed E-state index contributed by atoms with van der Waals surface area (Å²) in [5.74, 6) is -0.496. The van der Waals surface area contributed by atoms with E-state index in [0.29, 0.717) is 26.1 Å². The standard InChI is InChI=1S/C17H19F3N2O2/c18-17(19,20)11-22(13-5-7-24-8-6-13)16(23)9-12-10-21-15-4-2-1-3-14(12)15/h1-4,10,13,21H,5-9,11H2. The van der Waals surface area contributed by atoms with Crippen molar-refractivity contribution in [1.29, 1.82) is 0 Å². The maximum atomic E-state index is 12.9. The number of H-pyrrole nitrogens is 1. The minimum absolute atomic E-state index is 0.0442. The first-order valence-corrected chi connectivity index (χ1v) is 7.93. The van der Waals surface area contributed by atoms with E-state index >= 15 is 0 Å². The van der Waals surface area contributed by atoms with Crippen LogP contribution in [0.5, 0.6) is 0 Å². The molecule has 0 bridgehead atoms. The monoisotopic (exact) mass is 340 g/mol. The van der Waals surface area contributed by atoms with Crippen LogP contribution < -0.4 is 0 Å². The average molecular weight is 340 g/mol. The van der Waals surface area contributed by atoms with Gasteiger partial charge in [-0.3, -0.25) is 4.79 Å². The van der Waals surface area contributed by atoms with Gasteiger partial charge in [-0.05, 0) is 24.5 Å². The second-order valence-corrected chi connectivity index (χ2v) is 6.02. The van der Waals surface area contributed by atoms with E-state index in [-0.39, 0.29) is 6.42 Å². The number of carbonyl (C=O) groups excluding carboxylic acids is 1. The van der Waals surface area contributed by atoms with Crippen LogP contribution in [-0.4, -0.2) is 47.8 Å². The Morgan fingerprint density at radius 2 is 1.96 bits per heavy atom. The zero-order valence-corrected chi connectivity index (χ0v) is 13.1. The number of halogens is 3. The molecule has 1 aromatic heterocycles. The summed E-state index contributed by atoms with van der Waals surface area (Å²) < 4.78 is 44.0. The molecule has 1 aliphatic rings. The number of fused-ring (bicyclic) bond motifs is 1. The zero-order chi connectivity index (χ0) is 17.2. The van der Waals surface area contributed by atoms with E-state index in [0.717, 1.165) is 21.4 Å². The van der Waals surface area contributed by atoms with Gasteiger partial charge in [0.2, 0.25) is 5.91 Å². The van der Waals surface area contributed by atoms with Crippen molar-refractivity contribution in [3.05, 3.63) is 36.0 Å². The summed E-state index contributed by atoms with van der Waals surface area (Å²) in [7, 11) is 0. The van der Waals surface area contributed by atoms with Gasteiger partial charge < -0.3 is 14.6 Å². The molecule has 1 aromatic carbocycles. The summed E-state index contributed by atoms with van der Waals surface area (Å²) in [5.41, 5.74) is 1.59. The SMILES string of the molecule is O=C(Cc1c[nH]c2ccccc12)N(CC(F)(F)F)C1CCOCC1. The Bertz CT molecular complexity index is 705. The number of hydrogen-bond acceptors (Lipinski definition) is 2. The summed E-state index contributed by atoms with van der Waals surface area (Å²) in [6, 6.07) is 7.02. The van der Waals surface area contributed by atoms with Crippen LogP contribution in [0.4, 0.5) is 13.2 Å². The molecule has 130 valence electrons. The van der Waals surface area contributed by atoms with Gasteiger partial charge in [0, 0.05) is 36.4 Å². The van der Waals surface area contributed by atoms with Crippen molar-refractivity contribution in [1.82, 2.24) is 9.88 Å². The molecule has 1 aliphatic heterocycles. The Kier molecular flexibility index (Phi) is 4.80. The van der Waals surface area contributed by atoms with Crippen molar-refractivity contribution in [3.63, 3.8) is 0 Å². The minimum Gasteiger partial charge on any atom is -0.381 e. The van der Waals surface area contributed by atoms with E-state index < -0.39 is 24.7 Å². The van der Waals surface area contributed by atoms with Gasteiger partial charge in [-0.1, -0.05) is 18.2 Å². The molecule has 1 amide bonds. The lowest BCUT2D eigenvalue weighted by Crippen LogP contribution is -2.48. The molecule has 0 unspecified atom stereocenters. The maximum Gasteiger partial charge on any atom is 0.406 e. The molecule has 4 nitrogen and oxygen atoms in total. The highest BCUT2D eigenvalue weighted by atomic mass is 19.4. The third-order valence-electron chi connectivity index (χ3n) is 4.32. The van der Waals surface area contributed by atoms with E-state index in [2.05, 4.69) is 4.98 Å². The number of nitrogens with one attached hydrogen (secondary N) is 1. The van der Waals surface area contributed by atoms with E-state index in [1.165, 1.54) is 0 Å². The van der Waals surface area contributed by atoms with Crippen molar-refractivity contribution < 1.29 is 22.7 Å². The lowest BCUT2D eigenvalue weighted by molar-refractivity contribution is -0.168. The van der Waals surface area contributed by atoms with E-state index in [9.17, 15) is 18.0 Å². The first kappa shape index (κ1) is 16.8. The smallest absolute Gasteiger partial charge is 0.381 e. The van der Waals surface area contributed by atoms with Gasteiger partial charge in [0.05, 0.1) is 6.42 Å². The number of carbonyl (C=O) groups is 1. The van der Waals surface area contributed by atoms with E-state index in [4.69, 9.17) is 4.74 Å². The molecular formula is C17H19F3N2O2. The number of rotatable bonds is 4. The maximum absolute atomic E-state index is 12.9. The number of amides is 1. The van der Waals surface area contributed by atoms with Crippen molar-refractivity contribution >= 4 is 16.8 Å². The summed E-state index contributed by atoms with van der Waals surface area (Å²) in [6.07, 6.45) is -1.88. The molecule has 24 heavy (non-hydrogen) atoms. The first-order valence-electron chi connectivity index (χ1n) is 7.93. The van der Waals surface area contributed by atoms with Gasteiger partial charge in [0.1, 0.15) is 6.54 Å². The van der Waals surface area contributed by atoms with Gasteiger partial charge in [-0.25, -0.2) is 0 Å². The van der Waals surface area contributed by atoms with Crippen LogP contribution in [0, 0.1) is 0 Å². The van der Waals surface area contributed by atoms with Crippen molar-refractivity contribution in [2.75, 3.05) is 19.8 Å². The fourth-order valence-corrected chi connectivity index (χ4v) is 3.15. The molecule has 2 aromatic rings. The number of alkyl halides is 3. The molecule has 0 aliphatic carbocycles. The van der Waals surface area contributed by atoms with Gasteiger partial charge in [0.25, 0.3) is 0 Å². The van der Waals surface area contributed by atoms with Crippen LogP contribution in [0.15, 0.2) is 30.5 Å². The highest BCUT2D eigenvalue weighted by Crippen LogP contribution is 2.24. The molecular weight excluding hydrogens is 321 g/mol. The number of nitrogens with zero attached hydrogens (tertiary/aromatic N) is 1. The fraction of sp³-hybridized carbons (Fsp3) is 0.471. The van der Waals surface area contributed by atoms with Gasteiger partial charge in [-0.15, -0.1) is 0 Å². The highest BCUT2D eigenvalue weighted by molar-refractivity contribution is 5.89. The summed E-state index contributed by atoms with van der Waals surface area (Å²) >= 11 is 0. The minimum atomic E-state index is -4.41. The third-order valence-corrected chi connectivity index (χ3v) is 4.32. The molecule has 0 radical (unpaired) electrons. The first-order chi connectivity index (χ1) is 11.4. The molecule has 3 rings (SSSR count). The van der Waals surface area contributed by atoms with Gasteiger partial charge >= 0.3 is 6.18 Å². The Balaban J connectivity index is 1.79. The van der Waals surface area contributed by atoms with Crippen LogP contribution in [-0.2, 0) is 16.0 Å². The fourth-order valence-electron chi connectivity index (χ4n) is 3.15. The van der Waals surface area contributed by atoms with E-state index in [1.807, 2.05) is 24.3 Å². The van der Waals surface area contributed by atoms with Crippen molar-refractivity contribution in [2.24, 2.45) is 0 Å². The molecule has 1 saturated heterocycles. The predicted molar refractivity (Wildman–Crippen MR) is 83.6 cm³/mol. The molecule has 7 heteroatoms. The second kappa shape index (κ2) is 6.84. The van der Waals surface area contributed by atoms with Crippen LogP contribution >= 0.6 is 0 Å². The number of aromatic amines is 1.